The van der Waals surface area contributed by atoms with Gasteiger partial charge in [0.25, 0.3) is 0 Å². The molecule has 3 aromatic rings. The topological polar surface area (TPSA) is 59.2 Å². The fourth-order valence-electron chi connectivity index (χ4n) is 3.57. The van der Waals surface area contributed by atoms with Crippen LogP contribution in [0.2, 0.25) is 0 Å². The van der Waals surface area contributed by atoms with Crippen LogP contribution in [0.15, 0.2) is 47.5 Å². The third-order valence-electron chi connectivity index (χ3n) is 4.93. The van der Waals surface area contributed by atoms with Crippen LogP contribution < -0.4 is 0 Å². The fourth-order valence-corrected chi connectivity index (χ4v) is 3.57. The molecule has 0 bridgehead atoms. The first-order chi connectivity index (χ1) is 12.2. The summed E-state index contributed by atoms with van der Waals surface area (Å²) in [6, 6.07) is 6.10. The number of nitrogens with zero attached hydrogens (tertiary/aromatic N) is 3. The van der Waals surface area contributed by atoms with Gasteiger partial charge in [-0.05, 0) is 31.4 Å². The zero-order valence-electron chi connectivity index (χ0n) is 14.3. The van der Waals surface area contributed by atoms with Gasteiger partial charge in [-0.1, -0.05) is 12.1 Å². The lowest BCUT2D eigenvalue weighted by Gasteiger charge is -2.32. The van der Waals surface area contributed by atoms with E-state index in [2.05, 4.69) is 16.0 Å². The average molecular weight is 335 g/mol. The van der Waals surface area contributed by atoms with Gasteiger partial charge in [-0.2, -0.15) is 0 Å². The second-order valence-electron chi connectivity index (χ2n) is 6.75. The summed E-state index contributed by atoms with van der Waals surface area (Å²) in [5, 5.41) is 1.03. The number of carbonyl (C=O) groups excluding carboxylic acids is 1. The molecule has 5 heteroatoms. The van der Waals surface area contributed by atoms with E-state index in [1.54, 1.807) is 18.7 Å². The molecule has 3 heterocycles. The standard InChI is InChI=1S/C20H21N3O2/c1-14-4-5-17-16(13-25-19(17)9-14)10-20(24)23-8-2-3-15(12-23)18-11-21-6-7-22-18/h4-7,9,11,13,15H,2-3,8,10,12H2,1H3/t15-/m1/s1. The summed E-state index contributed by atoms with van der Waals surface area (Å²) < 4.78 is 5.62. The van der Waals surface area contributed by atoms with Gasteiger partial charge in [-0.15, -0.1) is 0 Å². The minimum atomic E-state index is 0.150. The number of aryl methyl sites for hydroxylation is 1. The van der Waals surface area contributed by atoms with E-state index in [1.807, 2.05) is 30.2 Å². The number of hydrogen-bond acceptors (Lipinski definition) is 4. The SMILES string of the molecule is Cc1ccc2c(CC(=O)N3CCC[C@@H](c4cnccn4)C3)coc2c1. The molecule has 1 fully saturated rings. The first-order valence-corrected chi connectivity index (χ1v) is 8.71. The van der Waals surface area contributed by atoms with E-state index in [9.17, 15) is 4.79 Å². The largest absolute Gasteiger partial charge is 0.464 e. The lowest BCUT2D eigenvalue weighted by atomic mass is 9.94. The van der Waals surface area contributed by atoms with Crippen molar-refractivity contribution in [2.24, 2.45) is 0 Å². The molecule has 1 aromatic carbocycles. The van der Waals surface area contributed by atoms with Crippen LogP contribution in [0.4, 0.5) is 0 Å². The number of furan rings is 1. The second kappa shape index (κ2) is 6.67. The molecule has 128 valence electrons. The Hall–Kier alpha value is -2.69. The van der Waals surface area contributed by atoms with Crippen molar-refractivity contribution in [3.63, 3.8) is 0 Å². The normalized spacial score (nSPS) is 17.8. The maximum absolute atomic E-state index is 12.8. The predicted molar refractivity (Wildman–Crippen MR) is 95.2 cm³/mol. The minimum absolute atomic E-state index is 0.150. The molecule has 0 radical (unpaired) electrons. The van der Waals surface area contributed by atoms with Gasteiger partial charge in [0, 0.05) is 48.5 Å². The minimum Gasteiger partial charge on any atom is -0.464 e. The summed E-state index contributed by atoms with van der Waals surface area (Å²) in [6.07, 6.45) is 9.35. The van der Waals surface area contributed by atoms with Crippen LogP contribution in [0.1, 0.15) is 35.6 Å². The Morgan fingerprint density at radius 2 is 2.28 bits per heavy atom. The zero-order chi connectivity index (χ0) is 17.2. The Labute approximate surface area is 146 Å². The molecule has 1 saturated heterocycles. The van der Waals surface area contributed by atoms with Crippen LogP contribution in [0, 0.1) is 6.92 Å². The monoisotopic (exact) mass is 335 g/mol. The van der Waals surface area contributed by atoms with Crippen LogP contribution >= 0.6 is 0 Å². The highest BCUT2D eigenvalue weighted by Gasteiger charge is 2.26. The van der Waals surface area contributed by atoms with Crippen LogP contribution in [-0.4, -0.2) is 33.9 Å². The maximum atomic E-state index is 12.8. The number of carbonyl (C=O) groups is 1. The summed E-state index contributed by atoms with van der Waals surface area (Å²) in [4.78, 5) is 23.3. The van der Waals surface area contributed by atoms with Gasteiger partial charge < -0.3 is 9.32 Å². The van der Waals surface area contributed by atoms with E-state index >= 15 is 0 Å². The molecule has 0 unspecified atom stereocenters. The van der Waals surface area contributed by atoms with E-state index in [4.69, 9.17) is 4.42 Å². The van der Waals surface area contributed by atoms with Crippen LogP contribution in [0.5, 0.6) is 0 Å². The summed E-state index contributed by atoms with van der Waals surface area (Å²) in [6.45, 7) is 3.56. The molecule has 0 spiro atoms. The Balaban J connectivity index is 1.48. The van der Waals surface area contributed by atoms with Crippen LogP contribution in [-0.2, 0) is 11.2 Å². The quantitative estimate of drug-likeness (QED) is 0.735. The van der Waals surface area contributed by atoms with Crippen molar-refractivity contribution in [1.82, 2.24) is 14.9 Å². The lowest BCUT2D eigenvalue weighted by Crippen LogP contribution is -2.40. The number of amides is 1. The molecular weight excluding hydrogens is 314 g/mol. The maximum Gasteiger partial charge on any atom is 0.227 e. The van der Waals surface area contributed by atoms with Crippen LogP contribution in [0.3, 0.4) is 0 Å². The predicted octanol–water partition coefficient (Wildman–Crippen LogP) is 3.48. The number of likely N-dealkylation sites (tertiary alicyclic amines) is 1. The van der Waals surface area contributed by atoms with E-state index in [0.717, 1.165) is 47.2 Å². The Kier molecular flexibility index (Phi) is 4.22. The highest BCUT2D eigenvalue weighted by molar-refractivity contribution is 5.88. The van der Waals surface area contributed by atoms with Crippen LogP contribution in [0.25, 0.3) is 11.0 Å². The number of piperidine rings is 1. The molecule has 1 amide bonds. The molecule has 1 atom stereocenters. The van der Waals surface area contributed by atoms with Gasteiger partial charge in [-0.3, -0.25) is 14.8 Å². The summed E-state index contributed by atoms with van der Waals surface area (Å²) >= 11 is 0. The van der Waals surface area contributed by atoms with Crippen molar-refractivity contribution >= 4 is 16.9 Å². The highest BCUT2D eigenvalue weighted by Crippen LogP contribution is 2.27. The molecule has 25 heavy (non-hydrogen) atoms. The number of benzene rings is 1. The molecule has 1 aliphatic rings. The second-order valence-corrected chi connectivity index (χ2v) is 6.75. The van der Waals surface area contributed by atoms with Crippen molar-refractivity contribution in [2.45, 2.75) is 32.1 Å². The Morgan fingerprint density at radius 1 is 1.36 bits per heavy atom. The third-order valence-corrected chi connectivity index (χ3v) is 4.93. The van der Waals surface area contributed by atoms with Gasteiger partial charge >= 0.3 is 0 Å². The molecule has 2 aromatic heterocycles. The Bertz CT molecular complexity index is 888. The zero-order valence-corrected chi connectivity index (χ0v) is 14.3. The van der Waals surface area contributed by atoms with Gasteiger partial charge in [-0.25, -0.2) is 0 Å². The fraction of sp³-hybridized carbons (Fsp3) is 0.350. The van der Waals surface area contributed by atoms with Crippen molar-refractivity contribution in [1.29, 1.82) is 0 Å². The van der Waals surface area contributed by atoms with Crippen molar-refractivity contribution in [2.75, 3.05) is 13.1 Å². The number of aromatic nitrogens is 2. The summed E-state index contributed by atoms with van der Waals surface area (Å²) in [5.41, 5.74) is 3.94. The molecule has 1 aliphatic heterocycles. The molecule has 0 saturated carbocycles. The van der Waals surface area contributed by atoms with Gasteiger partial charge in [0.15, 0.2) is 0 Å². The van der Waals surface area contributed by atoms with Crippen molar-refractivity contribution < 1.29 is 9.21 Å². The lowest BCUT2D eigenvalue weighted by molar-refractivity contribution is -0.131. The van der Waals surface area contributed by atoms with E-state index in [-0.39, 0.29) is 11.8 Å². The third kappa shape index (κ3) is 3.27. The highest BCUT2D eigenvalue weighted by atomic mass is 16.3. The number of hydrogen-bond donors (Lipinski definition) is 0. The van der Waals surface area contributed by atoms with Gasteiger partial charge in [0.1, 0.15) is 5.58 Å². The molecule has 0 N–H and O–H groups in total. The van der Waals surface area contributed by atoms with Gasteiger partial charge in [0.05, 0.1) is 18.4 Å². The summed E-state index contributed by atoms with van der Waals surface area (Å²) in [7, 11) is 0. The molecular formula is C20H21N3O2. The smallest absolute Gasteiger partial charge is 0.227 e. The molecule has 5 nitrogen and oxygen atoms in total. The average Bonchev–Trinajstić information content (AvgIpc) is 3.04. The van der Waals surface area contributed by atoms with Gasteiger partial charge in [0.2, 0.25) is 5.91 Å². The first-order valence-electron chi connectivity index (χ1n) is 8.71. The van der Waals surface area contributed by atoms with E-state index < -0.39 is 0 Å². The Morgan fingerprint density at radius 3 is 3.12 bits per heavy atom. The van der Waals surface area contributed by atoms with Crippen molar-refractivity contribution in [3.8, 4) is 0 Å². The van der Waals surface area contributed by atoms with E-state index in [0.29, 0.717) is 13.0 Å². The van der Waals surface area contributed by atoms with Crippen molar-refractivity contribution in [3.05, 3.63) is 59.9 Å². The molecule has 0 aliphatic carbocycles. The first kappa shape index (κ1) is 15.8. The molecule has 4 rings (SSSR count). The van der Waals surface area contributed by atoms with E-state index in [1.165, 1.54) is 0 Å². The number of fused-ring (bicyclic) bond motifs is 1. The number of rotatable bonds is 3. The summed E-state index contributed by atoms with van der Waals surface area (Å²) in [5.74, 6) is 0.423.